The summed E-state index contributed by atoms with van der Waals surface area (Å²) >= 11 is 19.5. The monoisotopic (exact) mass is 710 g/mol. The van der Waals surface area contributed by atoms with Crippen LogP contribution in [-0.4, -0.2) is 98.6 Å². The number of esters is 1. The molecule has 3 aliphatic rings. The first kappa shape index (κ1) is 34.4. The van der Waals surface area contributed by atoms with Crippen LogP contribution in [0.4, 0.5) is 0 Å². The summed E-state index contributed by atoms with van der Waals surface area (Å²) in [5, 5.41) is 33.8. The minimum atomic E-state index is -2.02. The standard InChI is InChI=1S/C25H29Cl3N6O8S2/c1-3-4-9-16-30-31-32-34(16)44-11-13-10-43-23-25(41-2,22(40)33(23)18(13)20(37)38)29-19(36)17(14-7-5-6-8-15(14)35)21(39)42-12-24(26,27)28/h5-6,17,23,35H,3-4,7-12H2,1-2H3,(H,29,36)(H,37,38)/t17?,23-,25?/m0/s1. The van der Waals surface area contributed by atoms with Crippen LogP contribution in [0.5, 0.6) is 0 Å². The van der Waals surface area contributed by atoms with Crippen molar-refractivity contribution in [1.82, 2.24) is 29.8 Å². The average Bonchev–Trinajstić information content (AvgIpc) is 3.43. The van der Waals surface area contributed by atoms with Crippen LogP contribution in [-0.2, 0) is 35.1 Å². The lowest BCUT2D eigenvalue weighted by Gasteiger charge is -2.56. The van der Waals surface area contributed by atoms with E-state index in [1.807, 2.05) is 6.92 Å². The van der Waals surface area contributed by atoms with Crippen molar-refractivity contribution >= 4 is 82.3 Å². The number of allylic oxidation sites excluding steroid dienone is 2. The second-order valence-corrected chi connectivity index (χ2v) is 14.4. The number of carbonyl (C=O) groups is 4. The molecule has 2 aliphatic heterocycles. The Kier molecular flexibility index (Phi) is 11.2. The number of amides is 2. The number of aryl methyl sites for hydroxylation is 1. The van der Waals surface area contributed by atoms with E-state index in [-0.39, 0.29) is 41.4 Å². The fourth-order valence-corrected chi connectivity index (χ4v) is 7.42. The fourth-order valence-electron chi connectivity index (χ4n) is 4.81. The zero-order chi connectivity index (χ0) is 32.2. The summed E-state index contributed by atoms with van der Waals surface area (Å²) in [7, 11) is 1.18. The number of aliphatic hydroxyl groups is 1. The predicted molar refractivity (Wildman–Crippen MR) is 163 cm³/mol. The maximum atomic E-state index is 13.7. The first-order valence-electron chi connectivity index (χ1n) is 13.3. The molecular formula is C25H29Cl3N6O8S2. The first-order chi connectivity index (χ1) is 20.8. The number of rotatable bonds is 13. The van der Waals surface area contributed by atoms with Crippen molar-refractivity contribution in [2.24, 2.45) is 5.92 Å². The summed E-state index contributed by atoms with van der Waals surface area (Å²) in [4.78, 5) is 53.8. The quantitative estimate of drug-likeness (QED) is 0.0678. The van der Waals surface area contributed by atoms with Gasteiger partial charge in [0.15, 0.2) is 11.7 Å². The van der Waals surface area contributed by atoms with E-state index in [0.717, 1.165) is 17.7 Å². The van der Waals surface area contributed by atoms with Crippen LogP contribution in [0.2, 0.25) is 0 Å². The highest BCUT2D eigenvalue weighted by atomic mass is 35.6. The maximum Gasteiger partial charge on any atom is 0.352 e. The molecule has 0 spiro atoms. The van der Waals surface area contributed by atoms with Gasteiger partial charge in [0, 0.05) is 31.5 Å². The highest BCUT2D eigenvalue weighted by molar-refractivity contribution is 8.00. The van der Waals surface area contributed by atoms with Gasteiger partial charge < -0.3 is 25.0 Å². The summed E-state index contributed by atoms with van der Waals surface area (Å²) in [5.41, 5.74) is -1.77. The van der Waals surface area contributed by atoms with Gasteiger partial charge in [0.2, 0.25) is 9.70 Å². The lowest BCUT2D eigenvalue weighted by molar-refractivity contribution is -0.193. The predicted octanol–water partition coefficient (Wildman–Crippen LogP) is 2.92. The summed E-state index contributed by atoms with van der Waals surface area (Å²) in [6, 6.07) is 0. The number of β-lactam (4-membered cyclic amide) rings is 1. The molecule has 0 aromatic carbocycles. The van der Waals surface area contributed by atoms with Crippen LogP contribution in [0.25, 0.3) is 0 Å². The van der Waals surface area contributed by atoms with Gasteiger partial charge in [0.05, 0.1) is 5.76 Å². The third-order valence-corrected chi connectivity index (χ3v) is 9.68. The number of alkyl halides is 3. The Bertz CT molecular complexity index is 1410. The summed E-state index contributed by atoms with van der Waals surface area (Å²) in [6.07, 6.45) is 5.91. The number of thioether (sulfide) groups is 1. The molecule has 2 amide bonds. The Morgan fingerprint density at radius 3 is 2.66 bits per heavy atom. The van der Waals surface area contributed by atoms with Gasteiger partial charge in [-0.2, -0.15) is 4.09 Å². The molecule has 19 heteroatoms. The number of carboxylic acids is 1. The molecule has 240 valence electrons. The Balaban J connectivity index is 1.56. The minimum Gasteiger partial charge on any atom is -0.512 e. The number of fused-ring (bicyclic) bond motifs is 1. The van der Waals surface area contributed by atoms with Crippen molar-refractivity contribution < 1.29 is 38.9 Å². The van der Waals surface area contributed by atoms with Crippen LogP contribution in [0.15, 0.2) is 34.8 Å². The van der Waals surface area contributed by atoms with Crippen molar-refractivity contribution in [3.8, 4) is 0 Å². The number of hydrogen-bond donors (Lipinski definition) is 3. The molecule has 4 rings (SSSR count). The molecule has 0 radical (unpaired) electrons. The van der Waals surface area contributed by atoms with Gasteiger partial charge in [0.1, 0.15) is 17.7 Å². The van der Waals surface area contributed by atoms with Crippen LogP contribution in [0, 0.1) is 5.92 Å². The van der Waals surface area contributed by atoms with Gasteiger partial charge in [-0.25, -0.2) is 4.79 Å². The summed E-state index contributed by atoms with van der Waals surface area (Å²) < 4.78 is 10.1. The van der Waals surface area contributed by atoms with E-state index in [2.05, 4.69) is 20.8 Å². The lowest BCUT2D eigenvalue weighted by Crippen LogP contribution is -2.81. The Hall–Kier alpha value is -2.50. The third-order valence-electron chi connectivity index (χ3n) is 6.97. The van der Waals surface area contributed by atoms with Crippen LogP contribution in [0.1, 0.15) is 38.4 Å². The first-order valence-corrected chi connectivity index (χ1v) is 16.4. The number of nitrogens with one attached hydrogen (secondary N) is 1. The van der Waals surface area contributed by atoms with Crippen molar-refractivity contribution in [3.05, 3.63) is 40.6 Å². The highest BCUT2D eigenvalue weighted by Gasteiger charge is 2.67. The number of tetrazole rings is 1. The van der Waals surface area contributed by atoms with Crippen LogP contribution < -0.4 is 5.32 Å². The van der Waals surface area contributed by atoms with E-state index in [4.69, 9.17) is 44.3 Å². The second-order valence-electron chi connectivity index (χ2n) is 9.88. The number of methoxy groups -OCH3 is 1. The maximum absolute atomic E-state index is 13.7. The van der Waals surface area contributed by atoms with E-state index in [1.165, 1.54) is 34.9 Å². The molecule has 3 atom stereocenters. The van der Waals surface area contributed by atoms with E-state index in [1.54, 1.807) is 12.2 Å². The van der Waals surface area contributed by atoms with Crippen molar-refractivity contribution in [2.45, 2.75) is 53.9 Å². The SMILES string of the molecule is CCCCc1nnnn1SCC1=C(C(=O)O)N2C(=O)C(NC(=O)C(C(=O)OCC(Cl)(Cl)Cl)C3=C(O)CC=CC3)(OC)[C@@H]2SC1. The number of nitrogens with zero attached hydrogens (tertiary/aromatic N) is 5. The topological polar surface area (TPSA) is 186 Å². The van der Waals surface area contributed by atoms with Gasteiger partial charge in [-0.15, -0.1) is 16.9 Å². The lowest BCUT2D eigenvalue weighted by atomic mass is 9.89. The second kappa shape index (κ2) is 14.3. The van der Waals surface area contributed by atoms with Crippen molar-refractivity contribution in [2.75, 3.05) is 25.2 Å². The van der Waals surface area contributed by atoms with Crippen molar-refractivity contribution in [1.29, 1.82) is 0 Å². The zero-order valence-corrected chi connectivity index (χ0v) is 27.4. The molecule has 0 bridgehead atoms. The Morgan fingerprint density at radius 1 is 1.30 bits per heavy atom. The number of halogens is 3. The smallest absolute Gasteiger partial charge is 0.352 e. The molecule has 2 unspecified atom stereocenters. The molecular weight excluding hydrogens is 683 g/mol. The highest BCUT2D eigenvalue weighted by Crippen LogP contribution is 2.47. The van der Waals surface area contributed by atoms with Gasteiger partial charge >= 0.3 is 11.9 Å². The molecule has 1 fully saturated rings. The Morgan fingerprint density at radius 2 is 2.02 bits per heavy atom. The largest absolute Gasteiger partial charge is 0.512 e. The third kappa shape index (κ3) is 7.15. The molecule has 1 aromatic heterocycles. The van der Waals surface area contributed by atoms with Gasteiger partial charge in [-0.1, -0.05) is 60.3 Å². The molecule has 0 saturated carbocycles. The van der Waals surface area contributed by atoms with Crippen LogP contribution in [0.3, 0.4) is 0 Å². The number of aromatic nitrogens is 4. The normalized spacial score (nSPS) is 22.4. The van der Waals surface area contributed by atoms with Gasteiger partial charge in [-0.3, -0.25) is 19.3 Å². The number of unbranched alkanes of at least 4 members (excludes halogenated alkanes) is 1. The van der Waals surface area contributed by atoms with E-state index in [9.17, 15) is 29.4 Å². The zero-order valence-electron chi connectivity index (χ0n) is 23.5. The van der Waals surface area contributed by atoms with E-state index >= 15 is 0 Å². The summed E-state index contributed by atoms with van der Waals surface area (Å²) in [5.74, 6) is -5.26. The molecule has 1 aliphatic carbocycles. The molecule has 1 saturated heterocycles. The number of hydrogen-bond acceptors (Lipinski definition) is 12. The molecule has 44 heavy (non-hydrogen) atoms. The number of aliphatic hydroxyl groups excluding tert-OH is 1. The number of aliphatic carboxylic acids is 1. The van der Waals surface area contributed by atoms with E-state index < -0.39 is 51.2 Å². The van der Waals surface area contributed by atoms with Crippen LogP contribution >= 0.6 is 58.5 Å². The Labute approximate surface area is 275 Å². The molecule has 3 heterocycles. The van der Waals surface area contributed by atoms with Crippen molar-refractivity contribution in [3.63, 3.8) is 0 Å². The number of ether oxygens (including phenoxy) is 2. The fraction of sp³-hybridized carbons (Fsp3) is 0.560. The van der Waals surface area contributed by atoms with Gasteiger partial charge in [-0.05, 0) is 46.4 Å². The minimum absolute atomic E-state index is 0.0387. The van der Waals surface area contributed by atoms with E-state index in [0.29, 0.717) is 17.8 Å². The number of carboxylic acid groups (broad SMARTS) is 1. The summed E-state index contributed by atoms with van der Waals surface area (Å²) in [6.45, 7) is 1.36. The molecule has 14 nitrogen and oxygen atoms in total. The average molecular weight is 712 g/mol. The molecule has 1 aromatic rings. The van der Waals surface area contributed by atoms with Gasteiger partial charge in [0.25, 0.3) is 11.6 Å². The molecule has 3 N–H and O–H groups in total. The number of carbonyl (C=O) groups excluding carboxylic acids is 3.